The number of piperidine rings is 1. The summed E-state index contributed by atoms with van der Waals surface area (Å²) in [5.74, 6) is 3.75. The molecule has 7 nitrogen and oxygen atoms in total. The molecule has 1 fully saturated rings. The van der Waals surface area contributed by atoms with Crippen LogP contribution in [0.1, 0.15) is 24.3 Å². The van der Waals surface area contributed by atoms with Crippen LogP contribution < -0.4 is 24.8 Å². The van der Waals surface area contributed by atoms with Crippen LogP contribution in [0.5, 0.6) is 17.2 Å². The number of aromatic nitrogens is 2. The van der Waals surface area contributed by atoms with Crippen molar-refractivity contribution in [2.45, 2.75) is 18.8 Å². The molecule has 1 saturated heterocycles. The number of ether oxygens (including phenoxy) is 3. The van der Waals surface area contributed by atoms with Gasteiger partial charge in [0.25, 0.3) is 0 Å². The third-order valence-corrected chi connectivity index (χ3v) is 5.56. The molecular formula is C22H26N4O3. The Morgan fingerprint density at radius 3 is 2.34 bits per heavy atom. The number of nitrogens with zero attached hydrogens (tertiary/aromatic N) is 3. The van der Waals surface area contributed by atoms with Crippen LogP contribution in [0.2, 0.25) is 0 Å². The Labute approximate surface area is 170 Å². The van der Waals surface area contributed by atoms with E-state index >= 15 is 0 Å². The van der Waals surface area contributed by atoms with E-state index in [-0.39, 0.29) is 0 Å². The van der Waals surface area contributed by atoms with E-state index in [9.17, 15) is 0 Å². The zero-order valence-electron chi connectivity index (χ0n) is 17.0. The Balaban J connectivity index is 1.56. The topological polar surface area (TPSA) is 82.7 Å². The van der Waals surface area contributed by atoms with Crippen LogP contribution in [0.15, 0.2) is 36.4 Å². The first kappa shape index (κ1) is 19.1. The van der Waals surface area contributed by atoms with Crippen molar-refractivity contribution in [3.05, 3.63) is 42.0 Å². The average molecular weight is 394 g/mol. The second kappa shape index (κ2) is 8.03. The number of anilines is 2. The van der Waals surface area contributed by atoms with Crippen molar-refractivity contribution in [3.63, 3.8) is 0 Å². The summed E-state index contributed by atoms with van der Waals surface area (Å²) in [4.78, 5) is 11.5. The number of benzene rings is 2. The van der Waals surface area contributed by atoms with Gasteiger partial charge >= 0.3 is 0 Å². The number of hydrogen-bond donors (Lipinski definition) is 1. The molecule has 1 aliphatic heterocycles. The van der Waals surface area contributed by atoms with Crippen LogP contribution in [-0.4, -0.2) is 44.4 Å². The molecule has 29 heavy (non-hydrogen) atoms. The molecular weight excluding hydrogens is 368 g/mol. The van der Waals surface area contributed by atoms with Crippen LogP contribution in [0.25, 0.3) is 10.9 Å². The van der Waals surface area contributed by atoms with E-state index in [0.717, 1.165) is 42.6 Å². The summed E-state index contributed by atoms with van der Waals surface area (Å²) >= 11 is 0. The van der Waals surface area contributed by atoms with Crippen molar-refractivity contribution in [3.8, 4) is 17.2 Å². The minimum Gasteiger partial charge on any atom is -0.497 e. The molecule has 0 radical (unpaired) electrons. The summed E-state index contributed by atoms with van der Waals surface area (Å²) < 4.78 is 16.1. The summed E-state index contributed by atoms with van der Waals surface area (Å²) in [5.41, 5.74) is 8.31. The third-order valence-electron chi connectivity index (χ3n) is 5.56. The predicted octanol–water partition coefficient (Wildman–Crippen LogP) is 3.62. The molecule has 2 N–H and O–H groups in total. The Hall–Kier alpha value is -3.22. The number of hydrogen-bond acceptors (Lipinski definition) is 7. The molecule has 0 saturated carbocycles. The van der Waals surface area contributed by atoms with Crippen LogP contribution in [0, 0.1) is 0 Å². The van der Waals surface area contributed by atoms with Gasteiger partial charge < -0.3 is 24.8 Å². The molecule has 0 aliphatic carbocycles. The normalized spacial score (nSPS) is 14.8. The van der Waals surface area contributed by atoms with Gasteiger partial charge in [-0.3, -0.25) is 0 Å². The molecule has 1 aromatic heterocycles. The summed E-state index contributed by atoms with van der Waals surface area (Å²) in [6.45, 7) is 1.75. The predicted molar refractivity (Wildman–Crippen MR) is 114 cm³/mol. The zero-order valence-corrected chi connectivity index (χ0v) is 17.0. The molecule has 0 bridgehead atoms. The van der Waals surface area contributed by atoms with Gasteiger partial charge in [-0.25, -0.2) is 4.98 Å². The van der Waals surface area contributed by atoms with Crippen molar-refractivity contribution in [2.24, 2.45) is 0 Å². The van der Waals surface area contributed by atoms with Crippen molar-refractivity contribution >= 4 is 22.7 Å². The smallest absolute Gasteiger partial charge is 0.227 e. The van der Waals surface area contributed by atoms with Gasteiger partial charge in [0.05, 0.1) is 26.8 Å². The molecule has 0 atom stereocenters. The van der Waals surface area contributed by atoms with Gasteiger partial charge in [-0.15, -0.1) is 0 Å². The number of methoxy groups -OCH3 is 3. The first-order chi connectivity index (χ1) is 14.1. The van der Waals surface area contributed by atoms with Crippen LogP contribution in [0.3, 0.4) is 0 Å². The quantitative estimate of drug-likeness (QED) is 0.708. The minimum absolute atomic E-state index is 0.445. The van der Waals surface area contributed by atoms with Gasteiger partial charge in [-0.2, -0.15) is 4.98 Å². The minimum atomic E-state index is 0.445. The van der Waals surface area contributed by atoms with E-state index in [1.54, 1.807) is 21.3 Å². The van der Waals surface area contributed by atoms with Crippen molar-refractivity contribution < 1.29 is 14.2 Å². The lowest BCUT2D eigenvalue weighted by Gasteiger charge is -2.32. The highest BCUT2D eigenvalue weighted by Gasteiger charge is 2.23. The van der Waals surface area contributed by atoms with Crippen molar-refractivity contribution in [2.75, 3.05) is 45.1 Å². The van der Waals surface area contributed by atoms with E-state index < -0.39 is 0 Å². The lowest BCUT2D eigenvalue weighted by atomic mass is 9.89. The number of fused-ring (bicyclic) bond motifs is 1. The standard InChI is InChI=1S/C22H26N4O3/c1-27-16-6-4-5-15(11-16)14-7-9-26(10-8-14)22-24-18-13-20(29-3)19(28-2)12-17(18)21(23)25-22/h4-6,11-14H,7-10H2,1-3H3,(H2,23,24,25). The summed E-state index contributed by atoms with van der Waals surface area (Å²) in [6.07, 6.45) is 2.06. The Bertz CT molecular complexity index is 1020. The highest BCUT2D eigenvalue weighted by molar-refractivity contribution is 5.91. The molecule has 7 heteroatoms. The SMILES string of the molecule is COc1cccc(C2CCN(c3nc(N)c4cc(OC)c(OC)cc4n3)CC2)c1. The largest absolute Gasteiger partial charge is 0.497 e. The van der Waals surface area contributed by atoms with Crippen LogP contribution in [0.4, 0.5) is 11.8 Å². The molecule has 3 aromatic rings. The van der Waals surface area contributed by atoms with E-state index in [2.05, 4.69) is 28.1 Å². The number of rotatable bonds is 5. The van der Waals surface area contributed by atoms with E-state index in [0.29, 0.717) is 29.2 Å². The summed E-state index contributed by atoms with van der Waals surface area (Å²) in [6, 6.07) is 12.0. The molecule has 4 rings (SSSR count). The van der Waals surface area contributed by atoms with Gasteiger partial charge in [0.2, 0.25) is 5.95 Å². The lowest BCUT2D eigenvalue weighted by molar-refractivity contribution is 0.356. The Kier molecular flexibility index (Phi) is 5.29. The maximum absolute atomic E-state index is 6.24. The third kappa shape index (κ3) is 3.72. The Morgan fingerprint density at radius 2 is 1.66 bits per heavy atom. The van der Waals surface area contributed by atoms with Crippen LogP contribution in [-0.2, 0) is 0 Å². The molecule has 0 unspecified atom stereocenters. The fourth-order valence-electron chi connectivity index (χ4n) is 3.92. The molecule has 2 heterocycles. The monoisotopic (exact) mass is 394 g/mol. The highest BCUT2D eigenvalue weighted by atomic mass is 16.5. The maximum atomic E-state index is 6.24. The van der Waals surface area contributed by atoms with E-state index in [4.69, 9.17) is 24.9 Å². The molecule has 0 amide bonds. The van der Waals surface area contributed by atoms with Gasteiger partial charge in [0.15, 0.2) is 11.5 Å². The van der Waals surface area contributed by atoms with Gasteiger partial charge in [-0.05, 0) is 42.5 Å². The molecule has 152 valence electrons. The lowest BCUT2D eigenvalue weighted by Crippen LogP contribution is -2.34. The molecule has 1 aliphatic rings. The average Bonchev–Trinajstić information content (AvgIpc) is 2.78. The van der Waals surface area contributed by atoms with Gasteiger partial charge in [0.1, 0.15) is 11.6 Å². The summed E-state index contributed by atoms with van der Waals surface area (Å²) in [7, 11) is 4.91. The fraction of sp³-hybridized carbons (Fsp3) is 0.364. The number of nitrogens with two attached hydrogens (primary N) is 1. The highest BCUT2D eigenvalue weighted by Crippen LogP contribution is 2.35. The second-order valence-electron chi connectivity index (χ2n) is 7.17. The first-order valence-corrected chi connectivity index (χ1v) is 9.71. The Morgan fingerprint density at radius 1 is 0.931 bits per heavy atom. The van der Waals surface area contributed by atoms with Crippen LogP contribution >= 0.6 is 0 Å². The first-order valence-electron chi connectivity index (χ1n) is 9.71. The van der Waals surface area contributed by atoms with Crippen molar-refractivity contribution in [1.29, 1.82) is 0 Å². The van der Waals surface area contributed by atoms with E-state index in [1.165, 1.54) is 5.56 Å². The van der Waals surface area contributed by atoms with Gasteiger partial charge in [-0.1, -0.05) is 12.1 Å². The fourth-order valence-corrected chi connectivity index (χ4v) is 3.92. The summed E-state index contributed by atoms with van der Waals surface area (Å²) in [5, 5.41) is 0.762. The zero-order chi connectivity index (χ0) is 20.4. The van der Waals surface area contributed by atoms with E-state index in [1.807, 2.05) is 18.2 Å². The van der Waals surface area contributed by atoms with Gasteiger partial charge in [0, 0.05) is 24.5 Å². The maximum Gasteiger partial charge on any atom is 0.227 e. The van der Waals surface area contributed by atoms with Crippen molar-refractivity contribution in [1.82, 2.24) is 9.97 Å². The molecule has 0 spiro atoms. The molecule has 2 aromatic carbocycles. The second-order valence-corrected chi connectivity index (χ2v) is 7.17. The number of nitrogen functional groups attached to an aromatic ring is 1.